The van der Waals surface area contributed by atoms with Crippen molar-refractivity contribution >= 4 is 16.5 Å². The highest BCUT2D eigenvalue weighted by Crippen LogP contribution is 2.30. The molecule has 0 saturated heterocycles. The number of nitrogen functional groups attached to an aromatic ring is 1. The van der Waals surface area contributed by atoms with E-state index < -0.39 is 0 Å². The molecule has 0 atom stereocenters. The maximum absolute atomic E-state index is 5.90. The van der Waals surface area contributed by atoms with Crippen LogP contribution >= 0.6 is 11.3 Å². The van der Waals surface area contributed by atoms with Crippen LogP contribution in [0.25, 0.3) is 11.3 Å². The first-order chi connectivity index (χ1) is 11.8. The first kappa shape index (κ1) is 17.5. The third-order valence-corrected chi connectivity index (χ3v) is 4.97. The molecule has 4 heteroatoms. The SMILES string of the molecule is Cc1sc(N)nc1-c1ccc(OCc2ccc(C(C)(C)C)cc2)cc1. The molecule has 1 aromatic heterocycles. The molecule has 0 spiro atoms. The van der Waals surface area contributed by atoms with Crippen molar-refractivity contribution in [2.24, 2.45) is 0 Å². The molecular formula is C21H24N2OS. The zero-order chi connectivity index (χ0) is 18.0. The van der Waals surface area contributed by atoms with Crippen molar-refractivity contribution in [2.75, 3.05) is 5.73 Å². The lowest BCUT2D eigenvalue weighted by molar-refractivity contribution is 0.306. The summed E-state index contributed by atoms with van der Waals surface area (Å²) in [5.74, 6) is 0.851. The van der Waals surface area contributed by atoms with Gasteiger partial charge in [0.15, 0.2) is 5.13 Å². The standard InChI is InChI=1S/C21H24N2OS/c1-14-19(23-20(22)25-14)16-7-11-18(12-8-16)24-13-15-5-9-17(10-6-15)21(2,3)4/h5-12H,13H2,1-4H3,(H2,22,23). The third kappa shape index (κ3) is 4.20. The Morgan fingerprint density at radius 3 is 2.16 bits per heavy atom. The molecule has 0 aliphatic heterocycles. The zero-order valence-electron chi connectivity index (χ0n) is 15.2. The molecule has 1 heterocycles. The second-order valence-corrected chi connectivity index (χ2v) is 8.45. The molecule has 0 radical (unpaired) electrons. The van der Waals surface area contributed by atoms with Gasteiger partial charge in [-0.15, -0.1) is 11.3 Å². The minimum absolute atomic E-state index is 0.173. The number of nitrogens with zero attached hydrogens (tertiary/aromatic N) is 1. The number of hydrogen-bond donors (Lipinski definition) is 1. The molecule has 2 N–H and O–H groups in total. The van der Waals surface area contributed by atoms with Crippen LogP contribution in [0.1, 0.15) is 36.8 Å². The van der Waals surface area contributed by atoms with Gasteiger partial charge < -0.3 is 10.5 Å². The van der Waals surface area contributed by atoms with Gasteiger partial charge >= 0.3 is 0 Å². The number of hydrogen-bond acceptors (Lipinski definition) is 4. The molecule has 25 heavy (non-hydrogen) atoms. The minimum Gasteiger partial charge on any atom is -0.489 e. The van der Waals surface area contributed by atoms with Gasteiger partial charge in [0.25, 0.3) is 0 Å². The van der Waals surface area contributed by atoms with Gasteiger partial charge in [0.05, 0.1) is 5.69 Å². The lowest BCUT2D eigenvalue weighted by atomic mass is 9.87. The second-order valence-electron chi connectivity index (χ2n) is 7.22. The van der Waals surface area contributed by atoms with E-state index in [1.807, 2.05) is 31.2 Å². The van der Waals surface area contributed by atoms with Crippen molar-refractivity contribution in [3.8, 4) is 17.0 Å². The minimum atomic E-state index is 0.173. The number of benzene rings is 2. The molecule has 0 aliphatic carbocycles. The number of nitrogens with two attached hydrogens (primary N) is 1. The van der Waals surface area contributed by atoms with E-state index in [0.29, 0.717) is 11.7 Å². The second kappa shape index (κ2) is 6.89. The van der Waals surface area contributed by atoms with E-state index in [2.05, 4.69) is 50.0 Å². The molecule has 3 aromatic rings. The fourth-order valence-electron chi connectivity index (χ4n) is 2.66. The highest BCUT2D eigenvalue weighted by molar-refractivity contribution is 7.15. The Morgan fingerprint density at radius 1 is 1.00 bits per heavy atom. The van der Waals surface area contributed by atoms with E-state index in [9.17, 15) is 0 Å². The Morgan fingerprint density at radius 2 is 1.64 bits per heavy atom. The molecule has 0 amide bonds. The van der Waals surface area contributed by atoms with Gasteiger partial charge in [-0.3, -0.25) is 0 Å². The monoisotopic (exact) mass is 352 g/mol. The van der Waals surface area contributed by atoms with Crippen molar-refractivity contribution in [1.82, 2.24) is 4.98 Å². The number of aryl methyl sites for hydroxylation is 1. The Kier molecular flexibility index (Phi) is 4.82. The highest BCUT2D eigenvalue weighted by atomic mass is 32.1. The molecule has 2 aromatic carbocycles. The Bertz CT molecular complexity index is 843. The smallest absolute Gasteiger partial charge is 0.180 e. The van der Waals surface area contributed by atoms with Crippen molar-refractivity contribution < 1.29 is 4.74 Å². The van der Waals surface area contributed by atoms with E-state index in [1.54, 1.807) is 0 Å². The van der Waals surface area contributed by atoms with E-state index >= 15 is 0 Å². The molecule has 0 unspecified atom stereocenters. The fourth-order valence-corrected chi connectivity index (χ4v) is 3.37. The lowest BCUT2D eigenvalue weighted by Crippen LogP contribution is -2.10. The first-order valence-corrected chi connectivity index (χ1v) is 9.20. The number of thiazole rings is 1. The summed E-state index contributed by atoms with van der Waals surface area (Å²) in [6.45, 7) is 9.26. The van der Waals surface area contributed by atoms with Gasteiger partial charge in [-0.25, -0.2) is 4.98 Å². The largest absolute Gasteiger partial charge is 0.489 e. The zero-order valence-corrected chi connectivity index (χ0v) is 16.0. The maximum Gasteiger partial charge on any atom is 0.180 e. The van der Waals surface area contributed by atoms with Crippen LogP contribution in [0.15, 0.2) is 48.5 Å². The van der Waals surface area contributed by atoms with E-state index in [0.717, 1.165) is 21.9 Å². The van der Waals surface area contributed by atoms with Gasteiger partial charge in [-0.05, 0) is 47.7 Å². The summed E-state index contributed by atoms with van der Waals surface area (Å²) in [6, 6.07) is 16.6. The number of anilines is 1. The quantitative estimate of drug-likeness (QED) is 0.667. The van der Waals surface area contributed by atoms with E-state index in [4.69, 9.17) is 10.5 Å². The molecular weight excluding hydrogens is 328 g/mol. The summed E-state index contributed by atoms with van der Waals surface area (Å²) in [4.78, 5) is 5.52. The summed E-state index contributed by atoms with van der Waals surface area (Å²) in [6.07, 6.45) is 0. The summed E-state index contributed by atoms with van der Waals surface area (Å²) in [5, 5.41) is 0.603. The van der Waals surface area contributed by atoms with Crippen LogP contribution in [0.2, 0.25) is 0 Å². The van der Waals surface area contributed by atoms with Gasteiger partial charge in [0, 0.05) is 10.4 Å². The van der Waals surface area contributed by atoms with E-state index in [-0.39, 0.29) is 5.41 Å². The topological polar surface area (TPSA) is 48.1 Å². The van der Waals surface area contributed by atoms with Crippen LogP contribution < -0.4 is 10.5 Å². The van der Waals surface area contributed by atoms with Crippen LogP contribution in [0.3, 0.4) is 0 Å². The average Bonchev–Trinajstić information content (AvgIpc) is 2.91. The van der Waals surface area contributed by atoms with Gasteiger partial charge in [0.1, 0.15) is 12.4 Å². The average molecular weight is 353 g/mol. The van der Waals surface area contributed by atoms with Crippen molar-refractivity contribution in [3.63, 3.8) is 0 Å². The molecule has 3 nitrogen and oxygen atoms in total. The molecule has 0 aliphatic rings. The van der Waals surface area contributed by atoms with Crippen LogP contribution in [-0.2, 0) is 12.0 Å². The Labute approximate surface area is 153 Å². The predicted octanol–water partition coefficient (Wildman–Crippen LogP) is 5.58. The lowest BCUT2D eigenvalue weighted by Gasteiger charge is -2.19. The number of rotatable bonds is 4. The molecule has 0 fully saturated rings. The number of aromatic nitrogens is 1. The predicted molar refractivity (Wildman–Crippen MR) is 106 cm³/mol. The van der Waals surface area contributed by atoms with Crippen molar-refractivity contribution in [2.45, 2.75) is 39.7 Å². The number of ether oxygens (including phenoxy) is 1. The fraction of sp³-hybridized carbons (Fsp3) is 0.286. The summed E-state index contributed by atoms with van der Waals surface area (Å²) < 4.78 is 5.90. The highest BCUT2D eigenvalue weighted by Gasteiger charge is 2.13. The Hall–Kier alpha value is -2.33. The summed E-state index contributed by atoms with van der Waals surface area (Å²) in [5.41, 5.74) is 10.5. The van der Waals surface area contributed by atoms with Crippen molar-refractivity contribution in [3.05, 3.63) is 64.5 Å². The van der Waals surface area contributed by atoms with Gasteiger partial charge in [-0.1, -0.05) is 45.0 Å². The molecule has 130 valence electrons. The summed E-state index contributed by atoms with van der Waals surface area (Å²) in [7, 11) is 0. The molecule has 0 saturated carbocycles. The first-order valence-electron chi connectivity index (χ1n) is 8.38. The van der Waals surface area contributed by atoms with Gasteiger partial charge in [-0.2, -0.15) is 0 Å². The molecule has 3 rings (SSSR count). The van der Waals surface area contributed by atoms with Crippen LogP contribution in [0, 0.1) is 6.92 Å². The Balaban J connectivity index is 1.65. The summed E-state index contributed by atoms with van der Waals surface area (Å²) >= 11 is 1.51. The normalized spacial score (nSPS) is 11.5. The molecule has 0 bridgehead atoms. The maximum atomic E-state index is 5.90. The van der Waals surface area contributed by atoms with Crippen molar-refractivity contribution in [1.29, 1.82) is 0 Å². The third-order valence-electron chi connectivity index (χ3n) is 4.17. The van der Waals surface area contributed by atoms with Gasteiger partial charge in [0.2, 0.25) is 0 Å². The van der Waals surface area contributed by atoms with Crippen LogP contribution in [-0.4, -0.2) is 4.98 Å². The van der Waals surface area contributed by atoms with E-state index in [1.165, 1.54) is 22.5 Å². The van der Waals surface area contributed by atoms with Crippen LogP contribution in [0.4, 0.5) is 5.13 Å². The van der Waals surface area contributed by atoms with Crippen LogP contribution in [0.5, 0.6) is 5.75 Å².